The molecule has 0 bridgehead atoms. The summed E-state index contributed by atoms with van der Waals surface area (Å²) in [6.45, 7) is 0.989. The first-order valence-electron chi connectivity index (χ1n) is 9.17. The van der Waals surface area contributed by atoms with Crippen molar-refractivity contribution >= 4 is 17.4 Å². The zero-order valence-electron chi connectivity index (χ0n) is 16.9. The maximum Gasteiger partial charge on any atom is 0.427 e. The van der Waals surface area contributed by atoms with Crippen LogP contribution in [0.3, 0.4) is 0 Å². The fraction of sp³-hybridized carbons (Fsp3) is 0.300. The van der Waals surface area contributed by atoms with E-state index >= 15 is 0 Å². The first-order chi connectivity index (χ1) is 15.0. The van der Waals surface area contributed by atoms with Crippen LogP contribution in [-0.2, 0) is 0 Å². The molecule has 7 nitrogen and oxygen atoms in total. The summed E-state index contributed by atoms with van der Waals surface area (Å²) >= 11 is 0. The molecule has 1 aromatic carbocycles. The lowest BCUT2D eigenvalue weighted by Crippen LogP contribution is -2.44. The average molecular weight is 455 g/mol. The molecule has 1 aliphatic heterocycles. The number of anilines is 1. The van der Waals surface area contributed by atoms with Crippen LogP contribution in [0.4, 0.5) is 27.8 Å². The Morgan fingerprint density at radius 1 is 1.25 bits per heavy atom. The number of hydrogen-bond acceptors (Lipinski definition) is 6. The molecule has 0 amide bonds. The van der Waals surface area contributed by atoms with E-state index in [0.717, 1.165) is 26.0 Å². The highest BCUT2D eigenvalue weighted by Gasteiger charge is 2.49. The molecule has 12 heteroatoms. The van der Waals surface area contributed by atoms with Gasteiger partial charge in [-0.15, -0.1) is 5.10 Å². The molecule has 1 aromatic heterocycles. The van der Waals surface area contributed by atoms with Crippen molar-refractivity contribution in [3.63, 3.8) is 0 Å². The van der Waals surface area contributed by atoms with Crippen LogP contribution in [0, 0.1) is 18.0 Å². The van der Waals surface area contributed by atoms with Crippen LogP contribution < -0.4 is 15.4 Å². The number of aromatic nitrogens is 2. The summed E-state index contributed by atoms with van der Waals surface area (Å²) in [6, 6.07) is 6.80. The second-order valence-corrected chi connectivity index (χ2v) is 7.16. The summed E-state index contributed by atoms with van der Waals surface area (Å²) in [6.07, 6.45) is -1.69. The molecule has 2 heterocycles. The molecule has 0 atom stereocenters. The van der Waals surface area contributed by atoms with E-state index in [9.17, 15) is 22.0 Å². The van der Waals surface area contributed by atoms with E-state index in [1.54, 1.807) is 6.11 Å². The number of halogens is 5. The van der Waals surface area contributed by atoms with Crippen LogP contribution >= 0.6 is 0 Å². The van der Waals surface area contributed by atoms with Crippen LogP contribution in [0.2, 0.25) is 0 Å². The molecule has 0 fully saturated rings. The Bertz CT molecular complexity index is 1130. The van der Waals surface area contributed by atoms with Gasteiger partial charge in [-0.2, -0.15) is 13.2 Å². The molecule has 0 saturated carbocycles. The smallest absolute Gasteiger partial charge is 0.427 e. The third-order valence-electron chi connectivity index (χ3n) is 4.42. The summed E-state index contributed by atoms with van der Waals surface area (Å²) in [7, 11) is 0. The quantitative estimate of drug-likeness (QED) is 0.350. The largest absolute Gasteiger partial charge is 0.478 e. The topological polar surface area (TPSA) is 83.7 Å². The second-order valence-electron chi connectivity index (χ2n) is 7.16. The number of nitrogens with zero attached hydrogens (tertiary/aromatic N) is 3. The first kappa shape index (κ1) is 22.9. The Kier molecular flexibility index (Phi) is 6.29. The van der Waals surface area contributed by atoms with E-state index in [-0.39, 0.29) is 35.2 Å². The Morgan fingerprint density at radius 2 is 2.00 bits per heavy atom. The minimum Gasteiger partial charge on any atom is -0.478 e. The van der Waals surface area contributed by atoms with Crippen molar-refractivity contribution in [2.75, 3.05) is 18.5 Å². The molecule has 1 aliphatic rings. The van der Waals surface area contributed by atoms with Crippen molar-refractivity contribution in [2.24, 2.45) is 4.99 Å². The van der Waals surface area contributed by atoms with E-state index in [1.165, 1.54) is 23.0 Å². The molecule has 32 heavy (non-hydrogen) atoms. The molecule has 0 saturated heterocycles. The van der Waals surface area contributed by atoms with Crippen LogP contribution in [0.5, 0.6) is 5.75 Å². The maximum absolute atomic E-state index is 14.3. The highest BCUT2D eigenvalue weighted by Crippen LogP contribution is 2.36. The van der Waals surface area contributed by atoms with Crippen molar-refractivity contribution in [2.45, 2.75) is 25.6 Å². The van der Waals surface area contributed by atoms with Gasteiger partial charge in [-0.1, -0.05) is 0 Å². The molecule has 0 unspecified atom stereocenters. The zero-order chi connectivity index (χ0) is 23.5. The lowest BCUT2D eigenvalue weighted by atomic mass is 10.1. The Balaban J connectivity index is 2.07. The predicted molar refractivity (Wildman–Crippen MR) is 107 cm³/mol. The van der Waals surface area contributed by atoms with Gasteiger partial charge < -0.3 is 15.2 Å². The lowest BCUT2D eigenvalue weighted by molar-refractivity contribution is -0.234. The molecule has 170 valence electrons. The van der Waals surface area contributed by atoms with Crippen LogP contribution in [0.15, 0.2) is 35.5 Å². The average Bonchev–Trinajstić information content (AvgIpc) is 3.15. The number of nitrogens with one attached hydrogen (secondary N) is 2. The zero-order valence-corrected chi connectivity index (χ0v) is 16.9. The van der Waals surface area contributed by atoms with Gasteiger partial charge in [0, 0.05) is 17.7 Å². The lowest BCUT2D eigenvalue weighted by Gasteiger charge is -2.29. The number of aliphatic imine (C=N–C) groups is 1. The standard InChI is InChI=1S/C20H18F5N5O2/c1-19(2,20(23,24)25)32-15-6-12(5-13(22)7-15)16-8-17(26-3-4-31)29-30(16)14-10-27-18(9-21)28-11-14/h5-8,10,31H,9,11H2,1-2H3,(H,26,29)(H,27,28). The third-order valence-corrected chi connectivity index (χ3v) is 4.42. The van der Waals surface area contributed by atoms with Gasteiger partial charge in [0.05, 0.1) is 30.2 Å². The summed E-state index contributed by atoms with van der Waals surface area (Å²) < 4.78 is 73.1. The molecule has 3 rings (SSSR count). The third kappa shape index (κ3) is 4.93. The number of aliphatic hydroxyl groups is 1. The number of ether oxygens (including phenoxy) is 1. The Morgan fingerprint density at radius 3 is 2.59 bits per heavy atom. The van der Waals surface area contributed by atoms with Crippen molar-refractivity contribution in [1.82, 2.24) is 15.1 Å². The molecule has 0 aliphatic carbocycles. The van der Waals surface area contributed by atoms with Gasteiger partial charge in [0.25, 0.3) is 0 Å². The Labute approximate surface area is 179 Å². The van der Waals surface area contributed by atoms with Crippen molar-refractivity contribution in [3.05, 3.63) is 36.3 Å². The number of alkyl halides is 4. The molecule has 2 aromatic rings. The monoisotopic (exact) mass is 455 g/mol. The van der Waals surface area contributed by atoms with Crippen molar-refractivity contribution in [1.29, 1.82) is 0 Å². The number of aliphatic hydroxyl groups excluding tert-OH is 1. The van der Waals surface area contributed by atoms with Crippen LogP contribution in [0.1, 0.15) is 13.8 Å². The van der Waals surface area contributed by atoms with E-state index in [0.29, 0.717) is 5.70 Å². The minimum atomic E-state index is -4.69. The van der Waals surface area contributed by atoms with E-state index in [2.05, 4.69) is 26.8 Å². The molecule has 0 spiro atoms. The number of benzene rings is 1. The van der Waals surface area contributed by atoms with E-state index in [4.69, 9.17) is 9.84 Å². The fourth-order valence-electron chi connectivity index (χ4n) is 2.73. The van der Waals surface area contributed by atoms with Crippen molar-refractivity contribution in [3.8, 4) is 29.2 Å². The van der Waals surface area contributed by atoms with Gasteiger partial charge in [0.1, 0.15) is 30.2 Å². The van der Waals surface area contributed by atoms with Crippen molar-refractivity contribution < 1.29 is 31.8 Å². The van der Waals surface area contributed by atoms with Gasteiger partial charge in [0.15, 0.2) is 11.4 Å². The SMILES string of the molecule is CC(C)(Oc1cc(F)cc(-c2cc(NC#CO)nn2C2=CN=C(CF)NC2)c1)C(F)(F)F. The van der Waals surface area contributed by atoms with Gasteiger partial charge in [-0.25, -0.2) is 18.5 Å². The molecular formula is C20H18F5N5O2. The number of rotatable bonds is 6. The molecule has 3 N–H and O–H groups in total. The number of hydrogen-bond donors (Lipinski definition) is 3. The predicted octanol–water partition coefficient (Wildman–Crippen LogP) is 3.88. The highest BCUT2D eigenvalue weighted by molar-refractivity contribution is 5.87. The number of amidine groups is 1. The highest BCUT2D eigenvalue weighted by atomic mass is 19.4. The van der Waals surface area contributed by atoms with Crippen LogP contribution in [-0.4, -0.2) is 45.7 Å². The second kappa shape index (κ2) is 8.78. The van der Waals surface area contributed by atoms with Crippen LogP contribution in [0.25, 0.3) is 17.0 Å². The minimum absolute atomic E-state index is 0.114. The first-order valence-corrected chi connectivity index (χ1v) is 9.17. The fourth-order valence-corrected chi connectivity index (χ4v) is 2.73. The van der Waals surface area contributed by atoms with E-state index in [1.807, 2.05) is 0 Å². The summed E-state index contributed by atoms with van der Waals surface area (Å²) in [5.41, 5.74) is -1.72. The van der Waals surface area contributed by atoms with Gasteiger partial charge in [-0.3, -0.25) is 5.32 Å². The molecule has 0 radical (unpaired) electrons. The summed E-state index contributed by atoms with van der Waals surface area (Å²) in [5.74, 6) is -0.901. The summed E-state index contributed by atoms with van der Waals surface area (Å²) in [4.78, 5) is 3.92. The van der Waals surface area contributed by atoms with Gasteiger partial charge in [-0.05, 0) is 26.0 Å². The Hall–Kier alpha value is -3.75. The van der Waals surface area contributed by atoms with Gasteiger partial charge in [0.2, 0.25) is 0 Å². The normalized spacial score (nSPS) is 14.0. The van der Waals surface area contributed by atoms with Gasteiger partial charge >= 0.3 is 6.18 Å². The molecular weight excluding hydrogens is 437 g/mol. The van der Waals surface area contributed by atoms with E-state index < -0.39 is 24.3 Å². The maximum atomic E-state index is 14.3. The summed E-state index contributed by atoms with van der Waals surface area (Å²) in [5, 5.41) is 18.2.